The maximum Gasteiger partial charge on any atom is 0.221 e. The van der Waals surface area contributed by atoms with Gasteiger partial charge in [-0.2, -0.15) is 0 Å². The van der Waals surface area contributed by atoms with Gasteiger partial charge < -0.3 is 15.1 Å². The summed E-state index contributed by atoms with van der Waals surface area (Å²) in [6.07, 6.45) is 1.71. The molecule has 120 valence electrons. The molecule has 0 spiro atoms. The van der Waals surface area contributed by atoms with E-state index in [-0.39, 0.29) is 5.91 Å². The van der Waals surface area contributed by atoms with Crippen molar-refractivity contribution in [2.75, 3.05) is 41.3 Å². The van der Waals surface area contributed by atoms with E-state index in [0.717, 1.165) is 37.7 Å². The quantitative estimate of drug-likeness (QED) is 0.947. The second-order valence-electron chi connectivity index (χ2n) is 5.90. The zero-order valence-electron chi connectivity index (χ0n) is 13.6. The van der Waals surface area contributed by atoms with Crippen LogP contribution in [0.2, 0.25) is 0 Å². The molecule has 1 amide bonds. The highest BCUT2D eigenvalue weighted by Crippen LogP contribution is 2.21. The van der Waals surface area contributed by atoms with E-state index in [2.05, 4.69) is 51.3 Å². The Labute approximate surface area is 136 Å². The average molecular weight is 310 g/mol. The van der Waals surface area contributed by atoms with Gasteiger partial charge in [-0.15, -0.1) is 0 Å². The normalized spacial score (nSPS) is 14.7. The number of pyridine rings is 1. The number of amides is 1. The highest BCUT2D eigenvalue weighted by Gasteiger charge is 2.18. The molecule has 0 aliphatic carbocycles. The summed E-state index contributed by atoms with van der Waals surface area (Å²) in [6, 6.07) is 12.5. The highest BCUT2D eigenvalue weighted by atomic mass is 16.1. The van der Waals surface area contributed by atoms with Crippen molar-refractivity contribution in [3.05, 3.63) is 48.2 Å². The van der Waals surface area contributed by atoms with Crippen LogP contribution in [0.1, 0.15) is 12.5 Å². The van der Waals surface area contributed by atoms with Crippen molar-refractivity contribution in [3.63, 3.8) is 0 Å². The van der Waals surface area contributed by atoms with Crippen molar-refractivity contribution in [3.8, 4) is 0 Å². The number of rotatable bonds is 3. The molecule has 1 aromatic carbocycles. The molecule has 1 saturated heterocycles. The second kappa shape index (κ2) is 6.69. The SMILES string of the molecule is CC(=O)Nc1ccc(N2CCN(c3cccc(C)c3)CC2)nc1. The summed E-state index contributed by atoms with van der Waals surface area (Å²) in [7, 11) is 0. The summed E-state index contributed by atoms with van der Waals surface area (Å²) < 4.78 is 0. The Morgan fingerprint density at radius 1 is 1.09 bits per heavy atom. The van der Waals surface area contributed by atoms with E-state index in [0.29, 0.717) is 0 Å². The van der Waals surface area contributed by atoms with Crippen molar-refractivity contribution < 1.29 is 4.79 Å². The zero-order chi connectivity index (χ0) is 16.2. The molecule has 1 aliphatic heterocycles. The van der Waals surface area contributed by atoms with Gasteiger partial charge in [-0.25, -0.2) is 4.98 Å². The fraction of sp³-hybridized carbons (Fsp3) is 0.333. The highest BCUT2D eigenvalue weighted by molar-refractivity contribution is 5.88. The summed E-state index contributed by atoms with van der Waals surface area (Å²) in [5.41, 5.74) is 3.32. The van der Waals surface area contributed by atoms with Gasteiger partial charge in [0.05, 0.1) is 11.9 Å². The van der Waals surface area contributed by atoms with E-state index in [1.54, 1.807) is 6.20 Å². The molecule has 0 unspecified atom stereocenters. The number of nitrogens with one attached hydrogen (secondary N) is 1. The topological polar surface area (TPSA) is 48.5 Å². The van der Waals surface area contributed by atoms with Gasteiger partial charge in [0.1, 0.15) is 5.82 Å². The molecule has 1 aliphatic rings. The Balaban J connectivity index is 1.61. The van der Waals surface area contributed by atoms with E-state index in [9.17, 15) is 4.79 Å². The van der Waals surface area contributed by atoms with Crippen LogP contribution in [0.4, 0.5) is 17.2 Å². The largest absolute Gasteiger partial charge is 0.368 e. The number of carbonyl (C=O) groups is 1. The van der Waals surface area contributed by atoms with Crippen molar-refractivity contribution in [2.24, 2.45) is 0 Å². The number of aromatic nitrogens is 1. The van der Waals surface area contributed by atoms with Crippen LogP contribution in [0.3, 0.4) is 0 Å². The van der Waals surface area contributed by atoms with Gasteiger partial charge >= 0.3 is 0 Å². The molecular weight excluding hydrogens is 288 g/mol. The van der Waals surface area contributed by atoms with Crippen LogP contribution in [0.25, 0.3) is 0 Å². The number of carbonyl (C=O) groups excluding carboxylic acids is 1. The van der Waals surface area contributed by atoms with Gasteiger partial charge in [-0.3, -0.25) is 4.79 Å². The standard InChI is InChI=1S/C18H22N4O/c1-14-4-3-5-17(12-14)21-8-10-22(11-9-21)18-7-6-16(13-19-18)20-15(2)23/h3-7,12-13H,8-11H2,1-2H3,(H,20,23). The molecular formula is C18H22N4O. The lowest BCUT2D eigenvalue weighted by Gasteiger charge is -2.36. The van der Waals surface area contributed by atoms with Crippen LogP contribution < -0.4 is 15.1 Å². The summed E-state index contributed by atoms with van der Waals surface area (Å²) in [5.74, 6) is 0.884. The lowest BCUT2D eigenvalue weighted by Crippen LogP contribution is -2.46. The third-order valence-corrected chi connectivity index (χ3v) is 4.04. The van der Waals surface area contributed by atoms with Gasteiger partial charge in [-0.05, 0) is 36.8 Å². The Morgan fingerprint density at radius 3 is 2.43 bits per heavy atom. The first-order chi connectivity index (χ1) is 11.1. The Kier molecular flexibility index (Phi) is 4.46. The molecule has 5 heteroatoms. The fourth-order valence-corrected chi connectivity index (χ4v) is 2.87. The molecule has 0 bridgehead atoms. The Hall–Kier alpha value is -2.56. The first-order valence-electron chi connectivity index (χ1n) is 7.92. The third kappa shape index (κ3) is 3.80. The van der Waals surface area contributed by atoms with Gasteiger partial charge in [0.2, 0.25) is 5.91 Å². The van der Waals surface area contributed by atoms with Crippen molar-refractivity contribution in [1.82, 2.24) is 4.98 Å². The molecule has 2 aromatic rings. The second-order valence-corrected chi connectivity index (χ2v) is 5.90. The minimum absolute atomic E-state index is 0.0775. The van der Waals surface area contributed by atoms with Gasteiger partial charge in [0, 0.05) is 38.8 Å². The first-order valence-corrected chi connectivity index (χ1v) is 7.92. The minimum Gasteiger partial charge on any atom is -0.368 e. The van der Waals surface area contributed by atoms with Crippen LogP contribution in [0, 0.1) is 6.92 Å². The predicted molar refractivity (Wildman–Crippen MR) is 94.1 cm³/mol. The van der Waals surface area contributed by atoms with Crippen molar-refractivity contribution in [2.45, 2.75) is 13.8 Å². The fourth-order valence-electron chi connectivity index (χ4n) is 2.87. The molecule has 1 aromatic heterocycles. The number of anilines is 3. The molecule has 0 atom stereocenters. The third-order valence-electron chi connectivity index (χ3n) is 4.04. The molecule has 0 saturated carbocycles. The van der Waals surface area contributed by atoms with Crippen LogP contribution in [0.15, 0.2) is 42.6 Å². The van der Waals surface area contributed by atoms with E-state index < -0.39 is 0 Å². The number of benzene rings is 1. The molecule has 1 fully saturated rings. The molecule has 1 N–H and O–H groups in total. The molecule has 5 nitrogen and oxygen atoms in total. The van der Waals surface area contributed by atoms with Crippen molar-refractivity contribution >= 4 is 23.1 Å². The zero-order valence-corrected chi connectivity index (χ0v) is 13.6. The van der Waals surface area contributed by atoms with Crippen LogP contribution in [0.5, 0.6) is 0 Å². The monoisotopic (exact) mass is 310 g/mol. The van der Waals surface area contributed by atoms with Crippen LogP contribution in [-0.4, -0.2) is 37.1 Å². The first kappa shape index (κ1) is 15.3. The lowest BCUT2D eigenvalue weighted by molar-refractivity contribution is -0.114. The van der Waals surface area contributed by atoms with Gasteiger partial charge in [-0.1, -0.05) is 12.1 Å². The number of aryl methyl sites for hydroxylation is 1. The van der Waals surface area contributed by atoms with Crippen molar-refractivity contribution in [1.29, 1.82) is 0 Å². The van der Waals surface area contributed by atoms with E-state index in [1.165, 1.54) is 18.2 Å². The summed E-state index contributed by atoms with van der Waals surface area (Å²) >= 11 is 0. The number of hydrogen-bond donors (Lipinski definition) is 1. The molecule has 23 heavy (non-hydrogen) atoms. The van der Waals surface area contributed by atoms with Gasteiger partial charge in [0.15, 0.2) is 0 Å². The molecule has 3 rings (SSSR count). The minimum atomic E-state index is -0.0775. The molecule has 2 heterocycles. The number of piperazine rings is 1. The number of nitrogens with zero attached hydrogens (tertiary/aromatic N) is 3. The van der Waals surface area contributed by atoms with Crippen LogP contribution in [-0.2, 0) is 4.79 Å². The molecule has 0 radical (unpaired) electrons. The van der Waals surface area contributed by atoms with E-state index >= 15 is 0 Å². The van der Waals surface area contributed by atoms with E-state index in [1.807, 2.05) is 12.1 Å². The smallest absolute Gasteiger partial charge is 0.221 e. The Morgan fingerprint density at radius 2 is 1.83 bits per heavy atom. The maximum absolute atomic E-state index is 11.0. The lowest BCUT2D eigenvalue weighted by atomic mass is 10.2. The Bertz CT molecular complexity index is 676. The summed E-state index contributed by atoms with van der Waals surface area (Å²) in [6.45, 7) is 7.48. The summed E-state index contributed by atoms with van der Waals surface area (Å²) in [4.78, 5) is 20.2. The van der Waals surface area contributed by atoms with E-state index in [4.69, 9.17) is 0 Å². The predicted octanol–water partition coefficient (Wildman–Crippen LogP) is 2.68. The summed E-state index contributed by atoms with van der Waals surface area (Å²) in [5, 5.41) is 2.74. The average Bonchev–Trinajstić information content (AvgIpc) is 2.55. The maximum atomic E-state index is 11.0. The van der Waals surface area contributed by atoms with Gasteiger partial charge in [0.25, 0.3) is 0 Å². The van der Waals surface area contributed by atoms with Crippen LogP contribution >= 0.6 is 0 Å². The number of hydrogen-bond acceptors (Lipinski definition) is 4.